The second kappa shape index (κ2) is 9.75. The normalized spacial score (nSPS) is 19.9. The zero-order chi connectivity index (χ0) is 21.7. The summed E-state index contributed by atoms with van der Waals surface area (Å²) in [6.07, 6.45) is 0.914. The number of carbonyl (C=O) groups excluding carboxylic acids is 3. The third-order valence-corrected chi connectivity index (χ3v) is 5.57. The number of aryl methyl sites for hydroxylation is 1. The Morgan fingerprint density at radius 2 is 1.77 bits per heavy atom. The van der Waals surface area contributed by atoms with Crippen LogP contribution in [0.2, 0.25) is 0 Å². The molecule has 30 heavy (non-hydrogen) atoms. The van der Waals surface area contributed by atoms with E-state index in [2.05, 4.69) is 22.5 Å². The number of esters is 1. The summed E-state index contributed by atoms with van der Waals surface area (Å²) in [4.78, 5) is 40.8. The number of benzene rings is 1. The zero-order valence-corrected chi connectivity index (χ0v) is 17.9. The molecule has 1 atom stereocenters. The molecule has 8 heteroatoms. The molecule has 0 unspecified atom stereocenters. The van der Waals surface area contributed by atoms with Crippen molar-refractivity contribution in [1.29, 1.82) is 0 Å². The van der Waals surface area contributed by atoms with Gasteiger partial charge in [-0.1, -0.05) is 31.2 Å². The van der Waals surface area contributed by atoms with E-state index >= 15 is 0 Å². The van der Waals surface area contributed by atoms with Crippen LogP contribution in [0.15, 0.2) is 35.5 Å². The lowest BCUT2D eigenvalue weighted by molar-refractivity contribution is -0.139. The van der Waals surface area contributed by atoms with Crippen LogP contribution in [-0.4, -0.2) is 67.0 Å². The van der Waals surface area contributed by atoms with Crippen LogP contribution in [0.25, 0.3) is 0 Å². The molecule has 3 amide bonds. The molecule has 2 heterocycles. The fraction of sp³-hybridized carbons (Fsp3) is 0.500. The maximum Gasteiger partial charge on any atom is 0.338 e. The molecule has 0 bridgehead atoms. The summed E-state index contributed by atoms with van der Waals surface area (Å²) in [5, 5.41) is 5.68. The summed E-state index contributed by atoms with van der Waals surface area (Å²) < 4.78 is 5.32. The van der Waals surface area contributed by atoms with Crippen LogP contribution in [0.1, 0.15) is 37.9 Å². The van der Waals surface area contributed by atoms with Crippen molar-refractivity contribution in [3.8, 4) is 0 Å². The number of urea groups is 1. The Kier molecular flexibility index (Phi) is 7.10. The van der Waals surface area contributed by atoms with Gasteiger partial charge in [-0.05, 0) is 24.5 Å². The average Bonchev–Trinajstić information content (AvgIpc) is 2.74. The largest absolute Gasteiger partial charge is 0.463 e. The third-order valence-electron chi connectivity index (χ3n) is 5.57. The lowest BCUT2D eigenvalue weighted by atomic mass is 9.94. The minimum Gasteiger partial charge on any atom is -0.463 e. The number of hydrogen-bond donors (Lipinski definition) is 2. The summed E-state index contributed by atoms with van der Waals surface area (Å²) in [5.41, 5.74) is 3.00. The molecule has 0 radical (unpaired) electrons. The van der Waals surface area contributed by atoms with Gasteiger partial charge >= 0.3 is 12.0 Å². The Hall–Kier alpha value is -2.87. The Balaban J connectivity index is 1.89. The highest BCUT2D eigenvalue weighted by molar-refractivity contribution is 5.95. The lowest BCUT2D eigenvalue weighted by Crippen LogP contribution is -2.52. The number of hydrogen-bond acceptors (Lipinski definition) is 5. The summed E-state index contributed by atoms with van der Waals surface area (Å²) in [5.74, 6) is -0.376. The number of rotatable bonds is 6. The predicted octanol–water partition coefficient (Wildman–Crippen LogP) is 1.58. The molecule has 1 fully saturated rings. The van der Waals surface area contributed by atoms with E-state index in [-0.39, 0.29) is 18.5 Å². The first kappa shape index (κ1) is 21.8. The summed E-state index contributed by atoms with van der Waals surface area (Å²) in [6, 6.07) is 6.98. The molecule has 1 aromatic rings. The monoisotopic (exact) mass is 414 g/mol. The van der Waals surface area contributed by atoms with E-state index in [9.17, 15) is 14.4 Å². The summed E-state index contributed by atoms with van der Waals surface area (Å²) in [7, 11) is 0. The third kappa shape index (κ3) is 4.99. The Morgan fingerprint density at radius 1 is 1.10 bits per heavy atom. The number of ether oxygens (including phenoxy) is 1. The van der Waals surface area contributed by atoms with Gasteiger partial charge in [-0.3, -0.25) is 9.69 Å². The van der Waals surface area contributed by atoms with E-state index in [4.69, 9.17) is 4.74 Å². The van der Waals surface area contributed by atoms with Gasteiger partial charge in [-0.15, -0.1) is 0 Å². The molecular weight excluding hydrogens is 384 g/mol. The second-order valence-corrected chi connectivity index (χ2v) is 7.52. The van der Waals surface area contributed by atoms with E-state index in [1.165, 1.54) is 5.56 Å². The van der Waals surface area contributed by atoms with Crippen LogP contribution < -0.4 is 10.6 Å². The van der Waals surface area contributed by atoms with Crippen molar-refractivity contribution >= 4 is 17.9 Å². The Bertz CT molecular complexity index is 826. The number of carbonyl (C=O) groups is 3. The van der Waals surface area contributed by atoms with E-state index in [1.54, 1.807) is 18.7 Å². The van der Waals surface area contributed by atoms with Gasteiger partial charge in [0.15, 0.2) is 0 Å². The molecule has 0 aromatic heterocycles. The van der Waals surface area contributed by atoms with Gasteiger partial charge < -0.3 is 20.3 Å². The van der Waals surface area contributed by atoms with Gasteiger partial charge in [0.1, 0.15) is 0 Å². The number of piperazine rings is 1. The Labute approximate surface area is 177 Å². The highest BCUT2D eigenvalue weighted by atomic mass is 16.5. The first-order valence-corrected chi connectivity index (χ1v) is 10.5. The van der Waals surface area contributed by atoms with Crippen LogP contribution in [0, 0.1) is 0 Å². The molecule has 8 nitrogen and oxygen atoms in total. The first-order valence-electron chi connectivity index (χ1n) is 10.5. The zero-order valence-electron chi connectivity index (χ0n) is 17.9. The van der Waals surface area contributed by atoms with E-state index in [0.717, 1.165) is 12.0 Å². The van der Waals surface area contributed by atoms with Crippen LogP contribution in [0.5, 0.6) is 0 Å². The molecule has 0 aliphatic carbocycles. The molecule has 3 rings (SSSR count). The molecule has 2 aliphatic heterocycles. The van der Waals surface area contributed by atoms with Crippen LogP contribution in [-0.2, 0) is 20.7 Å². The van der Waals surface area contributed by atoms with Crippen molar-refractivity contribution in [2.24, 2.45) is 0 Å². The number of nitrogens with zero attached hydrogens (tertiary/aromatic N) is 2. The van der Waals surface area contributed by atoms with E-state index < -0.39 is 12.0 Å². The van der Waals surface area contributed by atoms with Crippen molar-refractivity contribution in [3.63, 3.8) is 0 Å². The van der Waals surface area contributed by atoms with Crippen molar-refractivity contribution < 1.29 is 19.1 Å². The van der Waals surface area contributed by atoms with Crippen molar-refractivity contribution in [3.05, 3.63) is 46.7 Å². The maximum atomic E-state index is 12.9. The minimum absolute atomic E-state index is 0.0619. The van der Waals surface area contributed by atoms with E-state index in [0.29, 0.717) is 44.0 Å². The number of amides is 3. The smallest absolute Gasteiger partial charge is 0.338 e. The topological polar surface area (TPSA) is 91.0 Å². The van der Waals surface area contributed by atoms with Crippen LogP contribution in [0.3, 0.4) is 0 Å². The highest BCUT2D eigenvalue weighted by Gasteiger charge is 2.34. The van der Waals surface area contributed by atoms with Gasteiger partial charge in [-0.2, -0.15) is 0 Å². The van der Waals surface area contributed by atoms with Gasteiger partial charge in [-0.25, -0.2) is 9.59 Å². The molecular formula is C22H30N4O4. The van der Waals surface area contributed by atoms with Gasteiger partial charge in [0.05, 0.1) is 18.2 Å². The van der Waals surface area contributed by atoms with E-state index in [1.807, 2.05) is 24.3 Å². The van der Waals surface area contributed by atoms with Crippen molar-refractivity contribution in [2.75, 3.05) is 39.3 Å². The molecule has 2 aliphatic rings. The fourth-order valence-corrected chi connectivity index (χ4v) is 3.83. The highest BCUT2D eigenvalue weighted by Crippen LogP contribution is 2.28. The quantitative estimate of drug-likeness (QED) is 0.690. The maximum absolute atomic E-state index is 12.9. The minimum atomic E-state index is -0.572. The molecule has 0 saturated carbocycles. The number of nitrogens with one attached hydrogen (secondary N) is 2. The summed E-state index contributed by atoms with van der Waals surface area (Å²) in [6.45, 7) is 8.69. The van der Waals surface area contributed by atoms with Gasteiger partial charge in [0.25, 0.3) is 0 Å². The molecule has 1 saturated heterocycles. The van der Waals surface area contributed by atoms with Crippen LogP contribution >= 0.6 is 0 Å². The summed E-state index contributed by atoms with van der Waals surface area (Å²) >= 11 is 0. The SMILES string of the molecule is CCOC(=O)C1=C(CN2CCN(C(C)=O)CC2)NC(=O)N[C@@H]1c1ccc(CC)cc1. The van der Waals surface area contributed by atoms with Crippen molar-refractivity contribution in [1.82, 2.24) is 20.4 Å². The predicted molar refractivity (Wildman–Crippen MR) is 113 cm³/mol. The van der Waals surface area contributed by atoms with Crippen molar-refractivity contribution in [2.45, 2.75) is 33.2 Å². The van der Waals surface area contributed by atoms with Gasteiger partial charge in [0, 0.05) is 45.3 Å². The van der Waals surface area contributed by atoms with Crippen LogP contribution in [0.4, 0.5) is 4.79 Å². The standard InChI is InChI=1S/C22H30N4O4/c1-4-16-6-8-17(9-7-16)20-19(21(28)30-5-2)18(23-22(29)24-20)14-25-10-12-26(13-11-25)15(3)27/h6-9,20H,4-5,10-14H2,1-3H3,(H2,23,24,29)/t20-/m1/s1. The second-order valence-electron chi connectivity index (χ2n) is 7.52. The average molecular weight is 415 g/mol. The Morgan fingerprint density at radius 3 is 2.33 bits per heavy atom. The first-order chi connectivity index (χ1) is 14.4. The molecule has 2 N–H and O–H groups in total. The van der Waals surface area contributed by atoms with Gasteiger partial charge in [0.2, 0.25) is 5.91 Å². The molecule has 1 aromatic carbocycles. The molecule has 162 valence electrons. The molecule has 0 spiro atoms. The lowest BCUT2D eigenvalue weighted by Gasteiger charge is -2.36. The fourth-order valence-electron chi connectivity index (χ4n) is 3.83.